The van der Waals surface area contributed by atoms with Gasteiger partial charge in [-0.15, -0.1) is 0 Å². The van der Waals surface area contributed by atoms with Crippen molar-refractivity contribution < 1.29 is 14.6 Å². The molecule has 1 saturated heterocycles. The molecule has 6 nitrogen and oxygen atoms in total. The molecule has 0 bridgehead atoms. The number of nitrogens with zero attached hydrogens (tertiary/aromatic N) is 2. The number of amides is 1. The van der Waals surface area contributed by atoms with Gasteiger partial charge in [-0.05, 0) is 48.7 Å². The first-order valence-corrected chi connectivity index (χ1v) is 12.1. The summed E-state index contributed by atoms with van der Waals surface area (Å²) in [5.41, 5.74) is 1.53. The molecule has 4 rings (SSSR count). The first-order chi connectivity index (χ1) is 16.1. The summed E-state index contributed by atoms with van der Waals surface area (Å²) in [6.45, 7) is 10.5. The van der Waals surface area contributed by atoms with Crippen molar-refractivity contribution in [3.05, 3.63) is 58.6 Å². The fourth-order valence-corrected chi connectivity index (χ4v) is 5.99. The zero-order valence-electron chi connectivity index (χ0n) is 20.1. The minimum Gasteiger partial charge on any atom is -0.489 e. The van der Waals surface area contributed by atoms with E-state index in [0.29, 0.717) is 27.8 Å². The zero-order valence-corrected chi connectivity index (χ0v) is 20.9. The van der Waals surface area contributed by atoms with Gasteiger partial charge in [0.05, 0.1) is 10.6 Å². The molecule has 0 aromatic heterocycles. The Bertz CT molecular complexity index is 1090. The maximum atomic E-state index is 13.1. The van der Waals surface area contributed by atoms with E-state index >= 15 is 0 Å². The maximum Gasteiger partial charge on any atom is 0.251 e. The molecule has 0 spiro atoms. The van der Waals surface area contributed by atoms with Crippen molar-refractivity contribution in [3.8, 4) is 11.8 Å². The third-order valence-corrected chi connectivity index (χ3v) is 7.73. The average Bonchev–Trinajstić information content (AvgIpc) is 2.77. The predicted octanol–water partition coefficient (Wildman–Crippen LogP) is 4.64. The maximum absolute atomic E-state index is 13.1. The Morgan fingerprint density at radius 2 is 1.82 bits per heavy atom. The van der Waals surface area contributed by atoms with Crippen LogP contribution >= 0.6 is 11.6 Å². The Labute approximate surface area is 206 Å². The molecule has 0 atom stereocenters. The number of carbonyl (C=O) groups excluding carboxylic acids is 1. The second-order valence-corrected chi connectivity index (χ2v) is 11.0. The van der Waals surface area contributed by atoms with Gasteiger partial charge in [0.2, 0.25) is 0 Å². The molecule has 2 fully saturated rings. The lowest BCUT2D eigenvalue weighted by atomic mass is 9.49. The fraction of sp³-hybridized carbons (Fsp3) is 0.481. The number of ether oxygens (including phenoxy) is 1. The van der Waals surface area contributed by atoms with Gasteiger partial charge in [0, 0.05) is 53.9 Å². The second kappa shape index (κ2) is 9.13. The van der Waals surface area contributed by atoms with E-state index in [2.05, 4.69) is 44.0 Å². The molecular weight excluding hydrogens is 450 g/mol. The van der Waals surface area contributed by atoms with Crippen molar-refractivity contribution in [2.24, 2.45) is 16.7 Å². The van der Waals surface area contributed by atoms with Crippen LogP contribution in [0.2, 0.25) is 5.02 Å². The van der Waals surface area contributed by atoms with E-state index in [4.69, 9.17) is 26.7 Å². The number of aliphatic hydroxyl groups excluding tert-OH is 1. The third-order valence-electron chi connectivity index (χ3n) is 7.42. The van der Waals surface area contributed by atoms with Gasteiger partial charge in [-0.3, -0.25) is 4.79 Å². The second-order valence-electron chi connectivity index (χ2n) is 10.6. The molecule has 180 valence electrons. The summed E-state index contributed by atoms with van der Waals surface area (Å²) >= 11 is 6.17. The topological polar surface area (TPSA) is 85.6 Å². The highest BCUT2D eigenvalue weighted by Crippen LogP contribution is 2.55. The number of anilines is 1. The summed E-state index contributed by atoms with van der Waals surface area (Å²) in [6.07, 6.45) is 0.697. The van der Waals surface area contributed by atoms with Crippen LogP contribution in [0.1, 0.15) is 50.0 Å². The van der Waals surface area contributed by atoms with Gasteiger partial charge < -0.3 is 20.1 Å². The first kappa shape index (κ1) is 24.4. The van der Waals surface area contributed by atoms with Gasteiger partial charge in [-0.2, -0.15) is 5.26 Å². The summed E-state index contributed by atoms with van der Waals surface area (Å²) in [5.74, 6) is 1.06. The molecule has 1 saturated carbocycles. The third kappa shape index (κ3) is 4.35. The van der Waals surface area contributed by atoms with Crippen molar-refractivity contribution in [1.29, 1.82) is 5.26 Å². The Hall–Kier alpha value is -2.75. The van der Waals surface area contributed by atoms with E-state index in [-0.39, 0.29) is 35.5 Å². The number of rotatable bonds is 7. The molecule has 2 N–H and O–H groups in total. The largest absolute Gasteiger partial charge is 0.489 e. The van der Waals surface area contributed by atoms with Crippen LogP contribution in [-0.2, 0) is 0 Å². The highest BCUT2D eigenvalue weighted by molar-refractivity contribution is 6.31. The number of hydrogen-bond donors (Lipinski definition) is 2. The Balaban J connectivity index is 1.39. The van der Waals surface area contributed by atoms with Crippen LogP contribution < -0.4 is 15.0 Å². The molecule has 2 aromatic rings. The highest BCUT2D eigenvalue weighted by Gasteiger charge is 2.64. The lowest BCUT2D eigenvalue weighted by Crippen LogP contribution is -2.74. The number of carbonyl (C=O) groups is 1. The SMILES string of the molecule is CC1(C)[C@H](NC(=O)c2ccc(N3CC(CCO)C3)cc2)C(C)(C)[C@H]1Oc1ccc(C#N)c(Cl)c1. The van der Waals surface area contributed by atoms with E-state index < -0.39 is 0 Å². The van der Waals surface area contributed by atoms with Gasteiger partial charge in [0.15, 0.2) is 0 Å². The quantitative estimate of drug-likeness (QED) is 0.601. The van der Waals surface area contributed by atoms with Gasteiger partial charge in [-0.1, -0.05) is 39.3 Å². The molecular formula is C27H32ClN3O3. The van der Waals surface area contributed by atoms with E-state index in [0.717, 1.165) is 25.2 Å². The number of hydrogen-bond acceptors (Lipinski definition) is 5. The summed E-state index contributed by atoms with van der Waals surface area (Å²) in [4.78, 5) is 15.3. The van der Waals surface area contributed by atoms with Crippen molar-refractivity contribution >= 4 is 23.2 Å². The standard InChI is InChI=1S/C27H32ClN3O3/c1-26(2)24(27(3,4)25(26)34-21-10-7-19(14-29)22(28)13-21)30-23(33)18-5-8-20(9-6-18)31-15-17(16-31)11-12-32/h5-10,13,17,24-25,32H,11-12,15-16H2,1-4H3,(H,30,33)/t24-,25-. The molecule has 2 aliphatic rings. The number of halogens is 1. The molecule has 0 unspecified atom stereocenters. The molecule has 7 heteroatoms. The van der Waals surface area contributed by atoms with Crippen LogP contribution in [0.25, 0.3) is 0 Å². The summed E-state index contributed by atoms with van der Waals surface area (Å²) in [7, 11) is 0. The minimum atomic E-state index is -0.307. The first-order valence-electron chi connectivity index (χ1n) is 11.7. The van der Waals surface area contributed by atoms with E-state index in [1.165, 1.54) is 0 Å². The van der Waals surface area contributed by atoms with E-state index in [1.807, 2.05) is 24.3 Å². The molecule has 1 heterocycles. The number of nitrogens with one attached hydrogen (secondary N) is 1. The van der Waals surface area contributed by atoms with Gasteiger partial charge >= 0.3 is 0 Å². The predicted molar refractivity (Wildman–Crippen MR) is 133 cm³/mol. The Kier molecular flexibility index (Phi) is 6.54. The summed E-state index contributed by atoms with van der Waals surface area (Å²) in [5, 5.41) is 21.7. The van der Waals surface area contributed by atoms with Crippen LogP contribution in [0.15, 0.2) is 42.5 Å². The van der Waals surface area contributed by atoms with Crippen molar-refractivity contribution in [3.63, 3.8) is 0 Å². The van der Waals surface area contributed by atoms with Crippen molar-refractivity contribution in [2.75, 3.05) is 24.6 Å². The minimum absolute atomic E-state index is 0.0827. The lowest BCUT2D eigenvalue weighted by molar-refractivity contribution is -0.164. The van der Waals surface area contributed by atoms with Crippen LogP contribution in [0.5, 0.6) is 5.75 Å². The van der Waals surface area contributed by atoms with Gasteiger partial charge in [0.1, 0.15) is 17.9 Å². The van der Waals surface area contributed by atoms with Crippen LogP contribution in [0.3, 0.4) is 0 Å². The lowest BCUT2D eigenvalue weighted by Gasteiger charge is -2.63. The average molecular weight is 482 g/mol. The molecule has 0 radical (unpaired) electrons. The Morgan fingerprint density at radius 3 is 2.38 bits per heavy atom. The van der Waals surface area contributed by atoms with Crippen molar-refractivity contribution in [1.82, 2.24) is 5.32 Å². The smallest absolute Gasteiger partial charge is 0.251 e. The van der Waals surface area contributed by atoms with Gasteiger partial charge in [-0.25, -0.2) is 0 Å². The molecule has 34 heavy (non-hydrogen) atoms. The van der Waals surface area contributed by atoms with Crippen LogP contribution in [0.4, 0.5) is 5.69 Å². The highest BCUT2D eigenvalue weighted by atomic mass is 35.5. The number of aliphatic hydroxyl groups is 1. The summed E-state index contributed by atoms with van der Waals surface area (Å²) in [6, 6.07) is 14.8. The molecule has 1 aliphatic carbocycles. The monoisotopic (exact) mass is 481 g/mol. The van der Waals surface area contributed by atoms with E-state index in [9.17, 15) is 4.79 Å². The number of benzene rings is 2. The summed E-state index contributed by atoms with van der Waals surface area (Å²) < 4.78 is 6.30. The van der Waals surface area contributed by atoms with E-state index in [1.54, 1.807) is 18.2 Å². The van der Waals surface area contributed by atoms with Crippen LogP contribution in [-0.4, -0.2) is 42.9 Å². The molecule has 1 aliphatic heterocycles. The number of nitriles is 1. The normalized spacial score (nSPS) is 22.8. The van der Waals surface area contributed by atoms with Gasteiger partial charge in [0.25, 0.3) is 5.91 Å². The molecule has 2 aromatic carbocycles. The van der Waals surface area contributed by atoms with Crippen LogP contribution in [0, 0.1) is 28.1 Å². The van der Waals surface area contributed by atoms with Crippen molar-refractivity contribution in [2.45, 2.75) is 46.3 Å². The zero-order chi connectivity index (χ0) is 24.7. The fourth-order valence-electron chi connectivity index (χ4n) is 5.78. The Morgan fingerprint density at radius 1 is 1.18 bits per heavy atom. The molecule has 1 amide bonds.